The van der Waals surface area contributed by atoms with E-state index in [1.54, 1.807) is 6.20 Å². The lowest BCUT2D eigenvalue weighted by Gasteiger charge is -1.99. The molecule has 1 aromatic heterocycles. The van der Waals surface area contributed by atoms with E-state index in [0.717, 1.165) is 18.7 Å². The molecule has 0 saturated carbocycles. The lowest BCUT2D eigenvalue weighted by molar-refractivity contribution is 0.722. The van der Waals surface area contributed by atoms with Crippen LogP contribution in [0.1, 0.15) is 19.2 Å². The van der Waals surface area contributed by atoms with Gasteiger partial charge in [-0.05, 0) is 6.42 Å². The van der Waals surface area contributed by atoms with Gasteiger partial charge in [0.15, 0.2) is 0 Å². The molecule has 0 saturated heterocycles. The summed E-state index contributed by atoms with van der Waals surface area (Å²) in [5.74, 6) is 1.01. The van der Waals surface area contributed by atoms with Gasteiger partial charge in [0.05, 0.1) is 6.07 Å². The third-order valence-electron chi connectivity index (χ3n) is 1.52. The molecule has 1 rings (SSSR count). The lowest BCUT2D eigenvalue weighted by Crippen LogP contribution is -2.00. The molecule has 0 N–H and O–H groups in total. The van der Waals surface area contributed by atoms with Crippen LogP contribution in [0.4, 0.5) is 0 Å². The molecule has 0 fully saturated rings. The summed E-state index contributed by atoms with van der Waals surface area (Å²) >= 11 is 0. The second-order valence-corrected chi connectivity index (χ2v) is 2.38. The minimum atomic E-state index is 0.412. The van der Waals surface area contributed by atoms with E-state index in [4.69, 9.17) is 5.26 Å². The van der Waals surface area contributed by atoms with Crippen molar-refractivity contribution in [3.05, 3.63) is 18.2 Å². The Morgan fingerprint density at radius 3 is 3.18 bits per heavy atom. The molecule has 1 aromatic rings. The molecule has 3 heteroatoms. The Morgan fingerprint density at radius 1 is 1.73 bits per heavy atom. The molecule has 0 aromatic carbocycles. The van der Waals surface area contributed by atoms with Crippen LogP contribution in [0.15, 0.2) is 12.4 Å². The van der Waals surface area contributed by atoms with Gasteiger partial charge in [-0.25, -0.2) is 4.98 Å². The zero-order chi connectivity index (χ0) is 8.10. The minimum absolute atomic E-state index is 0.412. The number of rotatable bonds is 3. The maximum absolute atomic E-state index is 8.43. The quantitative estimate of drug-likeness (QED) is 0.651. The first-order chi connectivity index (χ1) is 5.38. The van der Waals surface area contributed by atoms with Crippen LogP contribution in [0.25, 0.3) is 0 Å². The number of nitrogens with zero attached hydrogens (tertiary/aromatic N) is 3. The Bertz CT molecular complexity index is 257. The Labute approximate surface area is 66.3 Å². The van der Waals surface area contributed by atoms with E-state index < -0.39 is 0 Å². The zero-order valence-electron chi connectivity index (χ0n) is 6.62. The number of aromatic nitrogens is 2. The summed E-state index contributed by atoms with van der Waals surface area (Å²) in [5, 5.41) is 8.43. The van der Waals surface area contributed by atoms with Crippen LogP contribution >= 0.6 is 0 Å². The minimum Gasteiger partial charge on any atom is -0.321 e. The summed E-state index contributed by atoms with van der Waals surface area (Å²) < 4.78 is 1.88. The molecule has 1 heterocycles. The first-order valence-electron chi connectivity index (χ1n) is 3.75. The summed E-state index contributed by atoms with van der Waals surface area (Å²) in [6, 6.07) is 2.09. The standard InChI is InChI=1S/C8H11N3/c1-2-3-8-10-5-7-11(8)6-4-9/h5,7H,2-3,6H2,1H3. The van der Waals surface area contributed by atoms with Gasteiger partial charge in [-0.3, -0.25) is 0 Å². The van der Waals surface area contributed by atoms with E-state index >= 15 is 0 Å². The van der Waals surface area contributed by atoms with E-state index in [9.17, 15) is 0 Å². The molecule has 0 bridgehead atoms. The van der Waals surface area contributed by atoms with Crippen LogP contribution in [0, 0.1) is 11.3 Å². The third kappa shape index (κ3) is 1.81. The molecule has 0 amide bonds. The monoisotopic (exact) mass is 149 g/mol. The summed E-state index contributed by atoms with van der Waals surface area (Å²) in [4.78, 5) is 4.14. The summed E-state index contributed by atoms with van der Waals surface area (Å²) in [5.41, 5.74) is 0. The molecule has 0 aliphatic heterocycles. The van der Waals surface area contributed by atoms with Crippen LogP contribution in [0.2, 0.25) is 0 Å². The molecule has 58 valence electrons. The summed E-state index contributed by atoms with van der Waals surface area (Å²) in [6.45, 7) is 2.51. The smallest absolute Gasteiger partial charge is 0.111 e. The highest BCUT2D eigenvalue weighted by molar-refractivity contribution is 4.94. The van der Waals surface area contributed by atoms with Gasteiger partial charge in [0.25, 0.3) is 0 Å². The fraction of sp³-hybridized carbons (Fsp3) is 0.500. The maximum Gasteiger partial charge on any atom is 0.111 e. The van der Waals surface area contributed by atoms with Crippen molar-refractivity contribution in [2.24, 2.45) is 0 Å². The fourth-order valence-corrected chi connectivity index (χ4v) is 1.01. The van der Waals surface area contributed by atoms with Crippen molar-refractivity contribution in [3.63, 3.8) is 0 Å². The van der Waals surface area contributed by atoms with E-state index in [1.165, 1.54) is 0 Å². The van der Waals surface area contributed by atoms with Crippen LogP contribution < -0.4 is 0 Å². The second-order valence-electron chi connectivity index (χ2n) is 2.38. The second kappa shape index (κ2) is 3.77. The van der Waals surface area contributed by atoms with Gasteiger partial charge >= 0.3 is 0 Å². The highest BCUT2D eigenvalue weighted by Crippen LogP contribution is 1.99. The van der Waals surface area contributed by atoms with Crippen molar-refractivity contribution in [1.29, 1.82) is 5.26 Å². The Kier molecular flexibility index (Phi) is 2.67. The van der Waals surface area contributed by atoms with E-state index in [2.05, 4.69) is 18.0 Å². The largest absolute Gasteiger partial charge is 0.321 e. The van der Waals surface area contributed by atoms with Gasteiger partial charge in [-0.15, -0.1) is 0 Å². The molecule has 0 aliphatic rings. The highest BCUT2D eigenvalue weighted by atomic mass is 15.1. The van der Waals surface area contributed by atoms with E-state index in [1.807, 2.05) is 10.8 Å². The number of imidazole rings is 1. The van der Waals surface area contributed by atoms with Crippen molar-refractivity contribution >= 4 is 0 Å². The maximum atomic E-state index is 8.43. The highest BCUT2D eigenvalue weighted by Gasteiger charge is 1.98. The Balaban J connectivity index is 2.71. The topological polar surface area (TPSA) is 41.6 Å². The van der Waals surface area contributed by atoms with Gasteiger partial charge in [-0.1, -0.05) is 6.92 Å². The van der Waals surface area contributed by atoms with Crippen molar-refractivity contribution in [2.75, 3.05) is 0 Å². The molecule has 0 unspecified atom stereocenters. The predicted octanol–water partition coefficient (Wildman–Crippen LogP) is 1.36. The Morgan fingerprint density at radius 2 is 2.55 bits per heavy atom. The van der Waals surface area contributed by atoms with Crippen LogP contribution in [-0.4, -0.2) is 9.55 Å². The SMILES string of the molecule is CCCc1nccn1CC#N. The first-order valence-corrected chi connectivity index (χ1v) is 3.75. The Hall–Kier alpha value is -1.30. The molecule has 11 heavy (non-hydrogen) atoms. The molecule has 0 radical (unpaired) electrons. The van der Waals surface area contributed by atoms with Gasteiger partial charge in [0.2, 0.25) is 0 Å². The van der Waals surface area contributed by atoms with E-state index in [0.29, 0.717) is 6.54 Å². The number of hydrogen-bond acceptors (Lipinski definition) is 2. The number of aryl methyl sites for hydroxylation is 1. The normalized spacial score (nSPS) is 9.45. The van der Waals surface area contributed by atoms with Crippen molar-refractivity contribution in [2.45, 2.75) is 26.3 Å². The average Bonchev–Trinajstić information content (AvgIpc) is 2.39. The summed E-state index contributed by atoms with van der Waals surface area (Å²) in [7, 11) is 0. The average molecular weight is 149 g/mol. The molecule has 0 atom stereocenters. The van der Waals surface area contributed by atoms with E-state index in [-0.39, 0.29) is 0 Å². The predicted molar refractivity (Wildman–Crippen MR) is 41.8 cm³/mol. The fourth-order valence-electron chi connectivity index (χ4n) is 1.01. The molecular formula is C8H11N3. The van der Waals surface area contributed by atoms with Crippen molar-refractivity contribution in [3.8, 4) is 6.07 Å². The summed E-state index contributed by atoms with van der Waals surface area (Å²) in [6.07, 6.45) is 5.60. The molecule has 0 spiro atoms. The van der Waals surface area contributed by atoms with Crippen molar-refractivity contribution < 1.29 is 0 Å². The lowest BCUT2D eigenvalue weighted by atomic mass is 10.3. The number of nitriles is 1. The number of hydrogen-bond donors (Lipinski definition) is 0. The first kappa shape index (κ1) is 7.80. The van der Waals surface area contributed by atoms with Gasteiger partial charge in [0, 0.05) is 18.8 Å². The van der Waals surface area contributed by atoms with Gasteiger partial charge < -0.3 is 4.57 Å². The zero-order valence-corrected chi connectivity index (χ0v) is 6.62. The molecule has 3 nitrogen and oxygen atoms in total. The van der Waals surface area contributed by atoms with Gasteiger partial charge in [-0.2, -0.15) is 5.26 Å². The third-order valence-corrected chi connectivity index (χ3v) is 1.52. The molecule has 0 aliphatic carbocycles. The van der Waals surface area contributed by atoms with Crippen molar-refractivity contribution in [1.82, 2.24) is 9.55 Å². The van der Waals surface area contributed by atoms with Crippen LogP contribution in [0.5, 0.6) is 0 Å². The van der Waals surface area contributed by atoms with Crippen LogP contribution in [0.3, 0.4) is 0 Å². The molecular weight excluding hydrogens is 138 g/mol. The van der Waals surface area contributed by atoms with Gasteiger partial charge in [0.1, 0.15) is 12.4 Å². The van der Waals surface area contributed by atoms with Crippen LogP contribution in [-0.2, 0) is 13.0 Å².